The van der Waals surface area contributed by atoms with E-state index in [0.29, 0.717) is 34.2 Å². The number of aliphatic hydroxyl groups excluding tert-OH is 1. The second-order valence-electron chi connectivity index (χ2n) is 10.3. The number of azo groups is 2. The molecule has 0 radical (unpaired) electrons. The van der Waals surface area contributed by atoms with Crippen molar-refractivity contribution >= 4 is 72.2 Å². The SMILES string of the molecule is COc1cc(N=Nc2cccc(S(=O)(=O)O)c2)ccc1Nc1nc(NCCO)nc(Nc2ccc(N=Nc3cccc(S(=O)(=O)O)c3)cc2OC)n1. The molecule has 0 atom stereocenters. The lowest BCUT2D eigenvalue weighted by molar-refractivity contribution is 0.311. The van der Waals surface area contributed by atoms with Crippen molar-refractivity contribution in [1.82, 2.24) is 15.0 Å². The molecule has 0 aliphatic rings. The maximum Gasteiger partial charge on any atom is 0.294 e. The van der Waals surface area contributed by atoms with Gasteiger partial charge in [0.25, 0.3) is 20.2 Å². The zero-order chi connectivity index (χ0) is 37.3. The number of ether oxygens (including phenoxy) is 2. The molecule has 5 aromatic rings. The minimum atomic E-state index is -4.41. The Bertz CT molecular complexity index is 2200. The lowest BCUT2D eigenvalue weighted by Gasteiger charge is -2.14. The molecule has 0 aliphatic carbocycles. The first-order chi connectivity index (χ1) is 24.8. The second kappa shape index (κ2) is 16.3. The van der Waals surface area contributed by atoms with Crippen LogP contribution >= 0.6 is 0 Å². The predicted molar refractivity (Wildman–Crippen MR) is 189 cm³/mol. The van der Waals surface area contributed by atoms with Gasteiger partial charge in [-0.2, -0.15) is 52.2 Å². The van der Waals surface area contributed by atoms with Crippen molar-refractivity contribution in [2.24, 2.45) is 20.5 Å². The van der Waals surface area contributed by atoms with Crippen molar-refractivity contribution in [2.75, 3.05) is 43.3 Å². The highest BCUT2D eigenvalue weighted by atomic mass is 32.2. The third kappa shape index (κ3) is 9.98. The van der Waals surface area contributed by atoms with Crippen molar-refractivity contribution in [3.63, 3.8) is 0 Å². The minimum Gasteiger partial charge on any atom is -0.494 e. The van der Waals surface area contributed by atoms with Crippen LogP contribution in [0, 0.1) is 0 Å². The lowest BCUT2D eigenvalue weighted by Crippen LogP contribution is -2.12. The molecule has 0 spiro atoms. The van der Waals surface area contributed by atoms with Gasteiger partial charge in [-0.25, -0.2) is 0 Å². The van der Waals surface area contributed by atoms with E-state index in [2.05, 4.69) is 51.4 Å². The molecule has 52 heavy (non-hydrogen) atoms. The Labute approximate surface area is 297 Å². The van der Waals surface area contributed by atoms with E-state index >= 15 is 0 Å². The molecule has 0 bridgehead atoms. The van der Waals surface area contributed by atoms with E-state index in [0.717, 1.165) is 0 Å². The largest absolute Gasteiger partial charge is 0.494 e. The molecular weight excluding hydrogens is 721 g/mol. The average Bonchev–Trinajstić information content (AvgIpc) is 3.12. The normalized spacial score (nSPS) is 11.9. The summed E-state index contributed by atoms with van der Waals surface area (Å²) in [6.07, 6.45) is 0. The van der Waals surface area contributed by atoms with Crippen LogP contribution in [0.5, 0.6) is 11.5 Å². The minimum absolute atomic E-state index is 0.0872. The van der Waals surface area contributed by atoms with Crippen molar-refractivity contribution in [3.05, 3.63) is 84.9 Å². The quantitative estimate of drug-likeness (QED) is 0.0521. The summed E-state index contributed by atoms with van der Waals surface area (Å²) < 4.78 is 75.4. The standard InChI is InChI=1S/C31H30N10O9S2/c1-49-27-17-21(40-38-19-5-3-7-23(15-19)51(43,44)45)9-11-25(27)33-30-35-29(32-13-14-42)36-31(37-30)34-26-12-10-22(18-28(26)50-2)41-39-20-6-4-8-24(16-20)52(46,47)48/h3-12,15-18,42H,13-14H2,1-2H3,(H,43,44,45)(H,46,47,48)(H3,32,33,34,35,36,37). The molecule has 19 nitrogen and oxygen atoms in total. The average molecular weight is 751 g/mol. The van der Waals surface area contributed by atoms with Gasteiger partial charge in [-0.15, -0.1) is 0 Å². The molecule has 6 N–H and O–H groups in total. The summed E-state index contributed by atoms with van der Waals surface area (Å²) in [6, 6.07) is 20.3. The van der Waals surface area contributed by atoms with Gasteiger partial charge in [-0.3, -0.25) is 9.11 Å². The first-order valence-corrected chi connectivity index (χ1v) is 17.7. The molecule has 0 saturated heterocycles. The lowest BCUT2D eigenvalue weighted by atomic mass is 10.2. The Morgan fingerprint density at radius 1 is 0.596 bits per heavy atom. The fourth-order valence-corrected chi connectivity index (χ4v) is 5.35. The van der Waals surface area contributed by atoms with Crippen molar-refractivity contribution in [2.45, 2.75) is 9.79 Å². The Balaban J connectivity index is 1.37. The third-order valence-corrected chi connectivity index (χ3v) is 8.39. The van der Waals surface area contributed by atoms with Crippen LogP contribution in [0.4, 0.5) is 52.0 Å². The fourth-order valence-electron chi connectivity index (χ4n) is 4.31. The molecule has 0 fully saturated rings. The number of anilines is 5. The topological polar surface area (TPSA) is 272 Å². The number of aromatic nitrogens is 3. The van der Waals surface area contributed by atoms with Gasteiger partial charge in [-0.05, 0) is 60.7 Å². The third-order valence-electron chi connectivity index (χ3n) is 6.69. The summed E-state index contributed by atoms with van der Waals surface area (Å²) in [5.41, 5.74) is 2.01. The van der Waals surface area contributed by atoms with Crippen LogP contribution in [0.25, 0.3) is 0 Å². The van der Waals surface area contributed by atoms with Gasteiger partial charge in [0.15, 0.2) is 0 Å². The number of nitrogens with one attached hydrogen (secondary N) is 3. The highest BCUT2D eigenvalue weighted by Gasteiger charge is 2.14. The van der Waals surface area contributed by atoms with Crippen molar-refractivity contribution in [1.29, 1.82) is 0 Å². The number of nitrogens with zero attached hydrogens (tertiary/aromatic N) is 7. The van der Waals surface area contributed by atoms with Crippen molar-refractivity contribution in [3.8, 4) is 11.5 Å². The van der Waals surface area contributed by atoms with Crippen LogP contribution in [-0.2, 0) is 20.2 Å². The van der Waals surface area contributed by atoms with E-state index in [1.54, 1.807) is 36.4 Å². The Morgan fingerprint density at radius 2 is 1.00 bits per heavy atom. The van der Waals surface area contributed by atoms with Crippen molar-refractivity contribution < 1.29 is 40.5 Å². The molecule has 0 unspecified atom stereocenters. The fraction of sp³-hybridized carbons (Fsp3) is 0.129. The first-order valence-electron chi connectivity index (χ1n) is 14.8. The molecule has 1 aromatic heterocycles. The molecule has 1 heterocycles. The van der Waals surface area contributed by atoms with Gasteiger partial charge >= 0.3 is 0 Å². The van der Waals surface area contributed by atoms with Crippen LogP contribution in [0.2, 0.25) is 0 Å². The Kier molecular flexibility index (Phi) is 11.6. The highest BCUT2D eigenvalue weighted by molar-refractivity contribution is 7.86. The zero-order valence-corrected chi connectivity index (χ0v) is 28.9. The number of aliphatic hydroxyl groups is 1. The van der Waals surface area contributed by atoms with E-state index in [-0.39, 0.29) is 52.2 Å². The highest BCUT2D eigenvalue weighted by Crippen LogP contribution is 2.34. The van der Waals surface area contributed by atoms with Gasteiger partial charge in [0, 0.05) is 18.7 Å². The number of hydrogen-bond donors (Lipinski definition) is 6. The van der Waals surface area contributed by atoms with E-state index in [4.69, 9.17) is 9.47 Å². The summed E-state index contributed by atoms with van der Waals surface area (Å²) in [6.45, 7) is -0.0414. The first kappa shape index (κ1) is 37.1. The molecule has 5 rings (SSSR count). The Hall–Kier alpha value is -6.13. The molecule has 0 saturated carbocycles. The summed E-state index contributed by atoms with van der Waals surface area (Å²) in [7, 11) is -5.93. The molecule has 0 aliphatic heterocycles. The van der Waals surface area contributed by atoms with E-state index in [9.17, 15) is 31.0 Å². The molecular formula is C31H30N10O9S2. The summed E-state index contributed by atoms with van der Waals surface area (Å²) in [5.74, 6) is 0.966. The smallest absolute Gasteiger partial charge is 0.294 e. The van der Waals surface area contributed by atoms with Gasteiger partial charge in [0.1, 0.15) is 11.5 Å². The Morgan fingerprint density at radius 3 is 1.38 bits per heavy atom. The molecule has 21 heteroatoms. The van der Waals surface area contributed by atoms with Crippen LogP contribution in [0.3, 0.4) is 0 Å². The van der Waals surface area contributed by atoms with E-state index < -0.39 is 20.2 Å². The van der Waals surface area contributed by atoms with Crippen LogP contribution in [-0.4, -0.2) is 73.4 Å². The maximum absolute atomic E-state index is 11.4. The summed E-state index contributed by atoms with van der Waals surface area (Å²) in [4.78, 5) is 12.6. The number of methoxy groups -OCH3 is 2. The molecule has 270 valence electrons. The maximum atomic E-state index is 11.4. The van der Waals surface area contributed by atoms with Crippen LogP contribution in [0.15, 0.2) is 115 Å². The summed E-state index contributed by atoms with van der Waals surface area (Å²) >= 11 is 0. The number of hydrogen-bond acceptors (Lipinski definition) is 17. The zero-order valence-electron chi connectivity index (χ0n) is 27.2. The van der Waals surface area contributed by atoms with Crippen LogP contribution < -0.4 is 25.4 Å². The van der Waals surface area contributed by atoms with Gasteiger partial charge < -0.3 is 30.5 Å². The number of benzene rings is 4. The second-order valence-corrected chi connectivity index (χ2v) is 13.2. The molecule has 0 amide bonds. The van der Waals surface area contributed by atoms with Gasteiger partial charge in [-0.1, -0.05) is 12.1 Å². The number of rotatable bonds is 15. The molecule has 4 aromatic carbocycles. The van der Waals surface area contributed by atoms with Gasteiger partial charge in [0.05, 0.1) is 64.7 Å². The summed E-state index contributed by atoms with van der Waals surface area (Å²) in [5, 5.41) is 34.7. The predicted octanol–water partition coefficient (Wildman–Crippen LogP) is 6.10. The van der Waals surface area contributed by atoms with E-state index in [1.807, 2.05) is 0 Å². The van der Waals surface area contributed by atoms with Crippen LogP contribution in [0.1, 0.15) is 0 Å². The monoisotopic (exact) mass is 750 g/mol. The van der Waals surface area contributed by atoms with Gasteiger partial charge in [0.2, 0.25) is 17.8 Å². The van der Waals surface area contributed by atoms with E-state index in [1.165, 1.54) is 62.8 Å².